The van der Waals surface area contributed by atoms with Crippen molar-refractivity contribution in [2.45, 2.75) is 130 Å². The summed E-state index contributed by atoms with van der Waals surface area (Å²) in [4.78, 5) is 27.2. The summed E-state index contributed by atoms with van der Waals surface area (Å²) in [5.41, 5.74) is 31.3. The number of amides is 2. The quantitative estimate of drug-likeness (QED) is 0.0879. The molecule has 6 nitrogen and oxygen atoms in total. The number of nitrogen functional groups attached to an aromatic ring is 2. The number of hydrogen-bond donors (Lipinski definition) is 4. The molecule has 0 spiro atoms. The Morgan fingerprint density at radius 3 is 1.27 bits per heavy atom. The second-order valence-electron chi connectivity index (χ2n) is 18.2. The van der Waals surface area contributed by atoms with Crippen molar-refractivity contribution in [3.63, 3.8) is 0 Å². The van der Waals surface area contributed by atoms with Crippen LogP contribution in [-0.2, 0) is 15.6 Å². The SMILES string of the molecule is Cc1cc(C2(c3cc(C)c(NC(=O)/C=C/c4cccc(C(=O)Nc5c(C)cc(C6(c7cc(C)c(N)c(C)c7)CCCCC6)cc5C)c4)c(C)c3)CCCCC2)cc(C)c1N. The van der Waals surface area contributed by atoms with E-state index in [1.54, 1.807) is 12.2 Å². The van der Waals surface area contributed by atoms with Gasteiger partial charge in [-0.25, -0.2) is 0 Å². The van der Waals surface area contributed by atoms with Gasteiger partial charge < -0.3 is 22.1 Å². The first kappa shape index (κ1) is 42.5. The Kier molecular flexibility index (Phi) is 12.2. The summed E-state index contributed by atoms with van der Waals surface area (Å²) < 4.78 is 0. The number of carbonyl (C=O) groups excluding carboxylic acids is 2. The smallest absolute Gasteiger partial charge is 0.255 e. The van der Waals surface area contributed by atoms with Crippen molar-refractivity contribution in [3.8, 4) is 0 Å². The van der Waals surface area contributed by atoms with Gasteiger partial charge in [0.25, 0.3) is 5.91 Å². The van der Waals surface area contributed by atoms with E-state index in [-0.39, 0.29) is 22.6 Å². The minimum absolute atomic E-state index is 0.0773. The Morgan fingerprint density at radius 2 is 0.867 bits per heavy atom. The van der Waals surface area contributed by atoms with E-state index < -0.39 is 0 Å². The van der Waals surface area contributed by atoms with Crippen LogP contribution in [-0.4, -0.2) is 11.8 Å². The lowest BCUT2D eigenvalue weighted by molar-refractivity contribution is -0.111. The van der Waals surface area contributed by atoms with Crippen molar-refractivity contribution in [3.05, 3.63) is 157 Å². The number of carbonyl (C=O) groups is 2. The van der Waals surface area contributed by atoms with Gasteiger partial charge in [0.2, 0.25) is 5.91 Å². The molecule has 6 N–H and O–H groups in total. The van der Waals surface area contributed by atoms with E-state index in [0.29, 0.717) is 5.56 Å². The lowest BCUT2D eigenvalue weighted by atomic mass is 9.64. The number of nitrogens with two attached hydrogens (primary N) is 2. The van der Waals surface area contributed by atoms with E-state index in [1.165, 1.54) is 60.8 Å². The monoisotopic (exact) mass is 801 g/mol. The van der Waals surface area contributed by atoms with Crippen molar-refractivity contribution in [1.29, 1.82) is 0 Å². The minimum Gasteiger partial charge on any atom is -0.398 e. The zero-order valence-electron chi connectivity index (χ0n) is 37.1. The molecule has 2 aliphatic rings. The normalized spacial score (nSPS) is 16.1. The van der Waals surface area contributed by atoms with Crippen molar-refractivity contribution >= 4 is 40.6 Å². The van der Waals surface area contributed by atoms with Gasteiger partial charge in [-0.1, -0.05) is 99.2 Å². The third-order valence-corrected chi connectivity index (χ3v) is 13.9. The van der Waals surface area contributed by atoms with Gasteiger partial charge in [0.05, 0.1) is 0 Å². The summed E-state index contributed by atoms with van der Waals surface area (Å²) in [5, 5.41) is 6.39. The van der Waals surface area contributed by atoms with Crippen LogP contribution in [0.5, 0.6) is 0 Å². The fourth-order valence-electron chi connectivity index (χ4n) is 10.5. The molecule has 312 valence electrons. The molecule has 0 heterocycles. The molecule has 0 unspecified atom stereocenters. The highest BCUT2D eigenvalue weighted by Gasteiger charge is 2.38. The van der Waals surface area contributed by atoms with Gasteiger partial charge in [-0.2, -0.15) is 0 Å². The summed E-state index contributed by atoms with van der Waals surface area (Å²) in [7, 11) is 0. The Bertz CT molecular complexity index is 2400. The molecule has 0 bridgehead atoms. The fraction of sp³-hybridized carbons (Fsp3) is 0.370. The van der Waals surface area contributed by atoms with Crippen LogP contribution in [0.2, 0.25) is 0 Å². The standard InChI is InChI=1S/C54H64N4O2/c1-33-24-43(25-34(2)48(33)55)53(20-11-9-12-21-53)45-28-37(5)50(38(6)29-45)57-47(59)19-18-41-16-15-17-42(32-41)52(60)58-51-39(7)30-46(31-40(51)8)54(22-13-10-14-23-54)44-26-35(3)49(56)36(4)27-44/h15-19,24-32H,9-14,20-23,55-56H2,1-8H3,(H,57,59)(H,58,60)/b19-18+. The molecule has 2 amide bonds. The molecule has 7 rings (SSSR count). The molecule has 2 fully saturated rings. The van der Waals surface area contributed by atoms with E-state index in [9.17, 15) is 9.59 Å². The molecule has 5 aromatic rings. The van der Waals surface area contributed by atoms with Crippen LogP contribution in [0, 0.1) is 55.4 Å². The zero-order valence-corrected chi connectivity index (χ0v) is 37.1. The number of anilines is 4. The third kappa shape index (κ3) is 8.26. The van der Waals surface area contributed by atoms with Crippen LogP contribution in [0.3, 0.4) is 0 Å². The molecule has 0 radical (unpaired) electrons. The van der Waals surface area contributed by atoms with Crippen molar-refractivity contribution in [1.82, 2.24) is 0 Å². The van der Waals surface area contributed by atoms with E-state index in [2.05, 4.69) is 115 Å². The lowest BCUT2D eigenvalue weighted by Gasteiger charge is -2.40. The summed E-state index contributed by atoms with van der Waals surface area (Å²) in [6, 6.07) is 25.7. The van der Waals surface area contributed by atoms with Crippen LogP contribution in [0.15, 0.2) is 78.9 Å². The van der Waals surface area contributed by atoms with E-state index in [1.807, 2.05) is 24.3 Å². The molecule has 0 aromatic heterocycles. The maximum atomic E-state index is 13.8. The van der Waals surface area contributed by atoms with Crippen LogP contribution in [0.1, 0.15) is 147 Å². The van der Waals surface area contributed by atoms with Crippen LogP contribution in [0.25, 0.3) is 6.08 Å². The topological polar surface area (TPSA) is 110 Å². The molecule has 60 heavy (non-hydrogen) atoms. The predicted octanol–water partition coefficient (Wildman–Crippen LogP) is 12.7. The first-order chi connectivity index (χ1) is 28.6. The van der Waals surface area contributed by atoms with Gasteiger partial charge in [0.15, 0.2) is 0 Å². The second-order valence-corrected chi connectivity index (χ2v) is 18.2. The number of benzene rings is 5. The van der Waals surface area contributed by atoms with Crippen LogP contribution >= 0.6 is 0 Å². The number of aryl methyl sites for hydroxylation is 8. The first-order valence-electron chi connectivity index (χ1n) is 22.0. The van der Waals surface area contributed by atoms with E-state index in [0.717, 1.165) is 98.5 Å². The number of nitrogens with one attached hydrogen (secondary N) is 2. The van der Waals surface area contributed by atoms with Gasteiger partial charge in [-0.15, -0.1) is 0 Å². The summed E-state index contributed by atoms with van der Waals surface area (Å²) in [6.07, 6.45) is 14.9. The highest BCUT2D eigenvalue weighted by molar-refractivity contribution is 6.06. The minimum atomic E-state index is -0.215. The summed E-state index contributed by atoms with van der Waals surface area (Å²) in [6.45, 7) is 16.8. The molecular weight excluding hydrogens is 737 g/mol. The highest BCUT2D eigenvalue weighted by atomic mass is 16.2. The van der Waals surface area contributed by atoms with E-state index >= 15 is 0 Å². The molecule has 2 saturated carbocycles. The molecule has 0 saturated heterocycles. The third-order valence-electron chi connectivity index (χ3n) is 13.9. The highest BCUT2D eigenvalue weighted by Crippen LogP contribution is 2.49. The number of rotatable bonds is 9. The maximum Gasteiger partial charge on any atom is 0.255 e. The zero-order chi connectivity index (χ0) is 42.9. The van der Waals surface area contributed by atoms with Gasteiger partial charge >= 0.3 is 0 Å². The van der Waals surface area contributed by atoms with Crippen LogP contribution in [0.4, 0.5) is 22.7 Å². The second kappa shape index (κ2) is 17.2. The Morgan fingerprint density at radius 1 is 0.500 bits per heavy atom. The average molecular weight is 801 g/mol. The fourth-order valence-corrected chi connectivity index (χ4v) is 10.5. The molecule has 0 aliphatic heterocycles. The molecule has 5 aromatic carbocycles. The van der Waals surface area contributed by atoms with Crippen molar-refractivity contribution < 1.29 is 9.59 Å². The van der Waals surface area contributed by atoms with Gasteiger partial charge in [-0.3, -0.25) is 9.59 Å². The molecule has 2 aliphatic carbocycles. The molecular formula is C54H64N4O2. The molecule has 0 atom stereocenters. The largest absolute Gasteiger partial charge is 0.398 e. The first-order valence-corrected chi connectivity index (χ1v) is 22.0. The average Bonchev–Trinajstić information content (AvgIpc) is 3.23. The Labute approximate surface area is 358 Å². The summed E-state index contributed by atoms with van der Waals surface area (Å²) in [5.74, 6) is -0.399. The van der Waals surface area contributed by atoms with Gasteiger partial charge in [0, 0.05) is 45.2 Å². The maximum absolute atomic E-state index is 13.8. The van der Waals surface area contributed by atoms with Gasteiger partial charge in [-0.05, 0) is 172 Å². The van der Waals surface area contributed by atoms with Crippen LogP contribution < -0.4 is 22.1 Å². The number of hydrogen-bond acceptors (Lipinski definition) is 4. The van der Waals surface area contributed by atoms with Crippen molar-refractivity contribution in [2.24, 2.45) is 0 Å². The van der Waals surface area contributed by atoms with E-state index in [4.69, 9.17) is 11.5 Å². The Balaban J connectivity index is 1.07. The molecule has 6 heteroatoms. The predicted molar refractivity (Wildman–Crippen MR) is 252 cm³/mol. The van der Waals surface area contributed by atoms with Crippen molar-refractivity contribution in [2.75, 3.05) is 22.1 Å². The Hall–Kier alpha value is -5.62. The van der Waals surface area contributed by atoms with Gasteiger partial charge in [0.1, 0.15) is 0 Å². The summed E-state index contributed by atoms with van der Waals surface area (Å²) >= 11 is 0. The lowest BCUT2D eigenvalue weighted by Crippen LogP contribution is -2.31.